The quantitative estimate of drug-likeness (QED) is 0.563. The van der Waals surface area contributed by atoms with Gasteiger partial charge in [-0.15, -0.1) is 0 Å². The molecule has 2 aromatic rings. The number of nitrogens with one attached hydrogen (secondary N) is 1. The molecule has 2 aliphatic rings. The normalized spacial score (nSPS) is 17.1. The van der Waals surface area contributed by atoms with Gasteiger partial charge < -0.3 is 9.47 Å². The number of hydrogen-bond acceptors (Lipinski definition) is 8. The second-order valence-corrected chi connectivity index (χ2v) is 8.65. The highest BCUT2D eigenvalue weighted by Crippen LogP contribution is 2.31. The number of rotatable bonds is 9. The van der Waals surface area contributed by atoms with Crippen LogP contribution < -0.4 is 10.2 Å². The Morgan fingerprint density at radius 3 is 2.94 bits per heavy atom. The van der Waals surface area contributed by atoms with Crippen LogP contribution in [-0.2, 0) is 27.5 Å². The molecule has 0 saturated heterocycles. The van der Waals surface area contributed by atoms with Gasteiger partial charge in [0.1, 0.15) is 11.8 Å². The Labute approximate surface area is 200 Å². The monoisotopic (exact) mass is 462 g/mol. The number of hydrogen-bond donors (Lipinski definition) is 1. The van der Waals surface area contributed by atoms with E-state index in [0.717, 1.165) is 37.2 Å². The van der Waals surface area contributed by atoms with Gasteiger partial charge in [-0.1, -0.05) is 24.3 Å². The van der Waals surface area contributed by atoms with E-state index >= 15 is 0 Å². The molecule has 2 heterocycles. The smallest absolute Gasteiger partial charge is 0.305 e. The Morgan fingerprint density at radius 2 is 2.18 bits per heavy atom. The highest BCUT2D eigenvalue weighted by Gasteiger charge is 2.27. The van der Waals surface area contributed by atoms with Crippen molar-refractivity contribution in [1.29, 1.82) is 5.26 Å². The summed E-state index contributed by atoms with van der Waals surface area (Å²) in [5, 5.41) is 9.53. The molecule has 178 valence electrons. The number of ether oxygens (including phenoxy) is 2. The lowest BCUT2D eigenvalue weighted by atomic mass is 10.0. The number of benzene rings is 2. The van der Waals surface area contributed by atoms with Crippen LogP contribution in [0.5, 0.6) is 5.75 Å². The fourth-order valence-corrected chi connectivity index (χ4v) is 4.24. The molecule has 0 amide bonds. The molecule has 1 N–H and O–H groups in total. The number of esters is 1. The molecule has 8 heteroatoms. The molecule has 0 spiro atoms. The number of nitriles is 1. The van der Waals surface area contributed by atoms with Crippen LogP contribution in [0.3, 0.4) is 0 Å². The van der Waals surface area contributed by atoms with E-state index in [9.17, 15) is 10.1 Å². The summed E-state index contributed by atoms with van der Waals surface area (Å²) in [4.78, 5) is 24.5. The van der Waals surface area contributed by atoms with Crippen molar-refractivity contribution in [2.24, 2.45) is 4.99 Å². The minimum Gasteiger partial charge on any atom is -0.490 e. The second kappa shape index (κ2) is 10.7. The van der Waals surface area contributed by atoms with E-state index in [1.54, 1.807) is 12.1 Å². The van der Waals surface area contributed by atoms with E-state index in [1.807, 2.05) is 39.0 Å². The summed E-state index contributed by atoms with van der Waals surface area (Å²) in [6.45, 7) is 8.55. The Bertz CT molecular complexity index is 1120. The zero-order chi connectivity index (χ0) is 24.1. The summed E-state index contributed by atoms with van der Waals surface area (Å²) in [6.07, 6.45) is 0.637. The van der Waals surface area contributed by atoms with E-state index in [2.05, 4.69) is 22.5 Å². The van der Waals surface area contributed by atoms with Crippen LogP contribution in [0.25, 0.3) is 0 Å². The fraction of sp³-hybridized carbons (Fsp3) is 0.423. The summed E-state index contributed by atoms with van der Waals surface area (Å²) in [5.41, 5.74) is 7.69. The zero-order valence-corrected chi connectivity index (χ0v) is 19.8. The number of nitrogens with zero attached hydrogens (tertiary/aromatic N) is 3. The SMILES string of the molecule is CCOC(=O)CCCN1Cc2cccc(C3=NC(c4ccc(OC(C)C)c(C#N)c4)ON3)c2C1. The van der Waals surface area contributed by atoms with Crippen LogP contribution in [-0.4, -0.2) is 36.0 Å². The standard InChI is InChI=1S/C26H30N4O4/c1-4-32-24(31)9-6-12-30-15-19-7-5-8-21(22(19)16-30)25-28-26(34-29-25)18-10-11-23(33-17(2)3)20(13-18)14-27/h5,7-8,10-11,13,17,26H,4,6,9,12,15-16H2,1-3H3,(H,28,29). The minimum absolute atomic E-state index is 0.0168. The lowest BCUT2D eigenvalue weighted by Gasteiger charge is -2.14. The summed E-state index contributed by atoms with van der Waals surface area (Å²) in [5.74, 6) is 1.09. The van der Waals surface area contributed by atoms with Crippen molar-refractivity contribution in [1.82, 2.24) is 10.4 Å². The first kappa shape index (κ1) is 23.7. The third kappa shape index (κ3) is 5.38. The van der Waals surface area contributed by atoms with Crippen molar-refractivity contribution in [3.8, 4) is 11.8 Å². The van der Waals surface area contributed by atoms with Gasteiger partial charge >= 0.3 is 5.97 Å². The highest BCUT2D eigenvalue weighted by molar-refractivity contribution is 6.00. The molecule has 0 aliphatic carbocycles. The average molecular weight is 463 g/mol. The summed E-state index contributed by atoms with van der Waals surface area (Å²) >= 11 is 0. The van der Waals surface area contributed by atoms with Gasteiger partial charge in [0.15, 0.2) is 5.84 Å². The number of carbonyl (C=O) groups is 1. The van der Waals surface area contributed by atoms with Crippen molar-refractivity contribution < 1.29 is 19.1 Å². The summed E-state index contributed by atoms with van der Waals surface area (Å²) < 4.78 is 10.7. The van der Waals surface area contributed by atoms with E-state index < -0.39 is 6.23 Å². The van der Waals surface area contributed by atoms with Crippen LogP contribution in [0.2, 0.25) is 0 Å². The topological polar surface area (TPSA) is 96.2 Å². The van der Waals surface area contributed by atoms with E-state index in [4.69, 9.17) is 19.3 Å². The van der Waals surface area contributed by atoms with Gasteiger partial charge in [-0.05, 0) is 57.0 Å². The van der Waals surface area contributed by atoms with Gasteiger partial charge in [-0.25, -0.2) is 15.3 Å². The molecule has 0 fully saturated rings. The molecule has 34 heavy (non-hydrogen) atoms. The lowest BCUT2D eigenvalue weighted by molar-refractivity contribution is -0.143. The summed E-state index contributed by atoms with van der Waals surface area (Å²) in [7, 11) is 0. The highest BCUT2D eigenvalue weighted by atomic mass is 16.7. The number of amidine groups is 1. The van der Waals surface area contributed by atoms with Crippen LogP contribution >= 0.6 is 0 Å². The Morgan fingerprint density at radius 1 is 1.32 bits per heavy atom. The molecular weight excluding hydrogens is 432 g/mol. The van der Waals surface area contributed by atoms with E-state index in [1.165, 1.54) is 11.1 Å². The molecule has 1 atom stereocenters. The maximum Gasteiger partial charge on any atom is 0.305 e. The third-order valence-electron chi connectivity index (χ3n) is 5.75. The van der Waals surface area contributed by atoms with Gasteiger partial charge in [-0.2, -0.15) is 5.26 Å². The fourth-order valence-electron chi connectivity index (χ4n) is 4.24. The van der Waals surface area contributed by atoms with Crippen LogP contribution in [0.1, 0.15) is 67.7 Å². The van der Waals surface area contributed by atoms with Crippen LogP contribution in [0.15, 0.2) is 41.4 Å². The largest absolute Gasteiger partial charge is 0.490 e. The van der Waals surface area contributed by atoms with Crippen molar-refractivity contribution in [2.75, 3.05) is 13.2 Å². The zero-order valence-electron chi connectivity index (χ0n) is 19.8. The molecular formula is C26H30N4O4. The van der Waals surface area contributed by atoms with Gasteiger partial charge in [0.25, 0.3) is 0 Å². The van der Waals surface area contributed by atoms with Gasteiger partial charge in [0.05, 0.1) is 18.3 Å². The van der Waals surface area contributed by atoms with Gasteiger partial charge in [0, 0.05) is 30.6 Å². The lowest BCUT2D eigenvalue weighted by Crippen LogP contribution is -2.21. The van der Waals surface area contributed by atoms with E-state index in [0.29, 0.717) is 30.2 Å². The molecule has 0 bridgehead atoms. The average Bonchev–Trinajstić information content (AvgIpc) is 3.46. The van der Waals surface area contributed by atoms with Crippen molar-refractivity contribution >= 4 is 11.8 Å². The maximum atomic E-state index is 11.6. The first-order valence-electron chi connectivity index (χ1n) is 11.7. The second-order valence-electron chi connectivity index (χ2n) is 8.65. The molecule has 4 rings (SSSR count). The molecule has 2 aliphatic heterocycles. The Kier molecular flexibility index (Phi) is 7.46. The number of aliphatic imine (C=N–C) groups is 1. The van der Waals surface area contributed by atoms with Crippen molar-refractivity contribution in [2.45, 2.75) is 59.0 Å². The molecule has 2 aromatic carbocycles. The molecule has 8 nitrogen and oxygen atoms in total. The molecule has 0 saturated carbocycles. The van der Waals surface area contributed by atoms with Gasteiger partial charge in [-0.3, -0.25) is 9.69 Å². The summed E-state index contributed by atoms with van der Waals surface area (Å²) in [6, 6.07) is 13.8. The number of carbonyl (C=O) groups excluding carboxylic acids is 1. The third-order valence-corrected chi connectivity index (χ3v) is 5.75. The van der Waals surface area contributed by atoms with E-state index in [-0.39, 0.29) is 12.1 Å². The van der Waals surface area contributed by atoms with Crippen molar-refractivity contribution in [3.05, 3.63) is 64.2 Å². The molecule has 0 aromatic heterocycles. The Hall–Kier alpha value is -3.41. The first-order valence-corrected chi connectivity index (χ1v) is 11.7. The van der Waals surface area contributed by atoms with Crippen molar-refractivity contribution in [3.63, 3.8) is 0 Å². The van der Waals surface area contributed by atoms with Crippen LogP contribution in [0.4, 0.5) is 0 Å². The first-order chi connectivity index (χ1) is 16.5. The maximum absolute atomic E-state index is 11.6. The van der Waals surface area contributed by atoms with Crippen LogP contribution in [0, 0.1) is 11.3 Å². The molecule has 1 unspecified atom stereocenters. The number of hydroxylamine groups is 1. The van der Waals surface area contributed by atoms with Gasteiger partial charge in [0.2, 0.25) is 6.23 Å². The number of fused-ring (bicyclic) bond motifs is 1. The minimum atomic E-state index is -0.548. The predicted octanol–water partition coefficient (Wildman–Crippen LogP) is 3.98. The predicted molar refractivity (Wildman–Crippen MR) is 127 cm³/mol. The Balaban J connectivity index is 1.46. The molecule has 0 radical (unpaired) electrons.